The summed E-state index contributed by atoms with van der Waals surface area (Å²) in [4.78, 5) is 13.2. The lowest BCUT2D eigenvalue weighted by Gasteiger charge is -2.00. The first-order valence-corrected chi connectivity index (χ1v) is 9.40. The van der Waals surface area contributed by atoms with Gasteiger partial charge >= 0.3 is 0 Å². The van der Waals surface area contributed by atoms with Gasteiger partial charge in [0.2, 0.25) is 13.5 Å². The highest BCUT2D eigenvalue weighted by molar-refractivity contribution is 7.33. The Kier molecular flexibility index (Phi) is 11.4. The number of halogens is 2. The fourth-order valence-electron chi connectivity index (χ4n) is 1.24. The number of hydrogen-bond acceptors (Lipinski definition) is 2. The van der Waals surface area contributed by atoms with Gasteiger partial charge in [-0.15, -0.1) is 0 Å². The van der Waals surface area contributed by atoms with Gasteiger partial charge in [-0.2, -0.15) is 22.2 Å². The molecule has 0 unspecified atom stereocenters. The first-order valence-electron chi connectivity index (χ1n) is 5.09. The maximum absolute atomic E-state index is 9.73. The molecule has 0 aliphatic rings. The molecule has 0 rings (SSSR count). The van der Waals surface area contributed by atoms with Gasteiger partial charge < -0.3 is 0 Å². The number of rotatable bonds is 9. The molecule has 0 radical (unpaired) electrons. The number of isocyanates is 1. The Hall–Kier alpha value is 0.177. The van der Waals surface area contributed by atoms with Crippen molar-refractivity contribution in [2.45, 2.75) is 44.6 Å². The quantitative estimate of drug-likeness (QED) is 0.204. The summed E-state index contributed by atoms with van der Waals surface area (Å²) in [5, 5.41) is 0. The van der Waals surface area contributed by atoms with Gasteiger partial charge in [0.25, 0.3) is 0 Å². The zero-order chi connectivity index (χ0) is 10.6. The van der Waals surface area contributed by atoms with Gasteiger partial charge in [-0.3, -0.25) is 0 Å². The SMILES string of the molecule is O=C=NCCCCCCCC[SiH](Cl)Cl. The Morgan fingerprint density at radius 3 is 2.14 bits per heavy atom. The molecule has 0 atom stereocenters. The van der Waals surface area contributed by atoms with Crippen LogP contribution in [0, 0.1) is 0 Å². The molecule has 0 N–H and O–H groups in total. The molecule has 0 amide bonds. The van der Waals surface area contributed by atoms with Crippen molar-refractivity contribution < 1.29 is 4.79 Å². The zero-order valence-corrected chi connectivity index (χ0v) is 11.0. The first-order chi connectivity index (χ1) is 6.77. The molecule has 0 aliphatic heterocycles. The number of carbonyl (C=O) groups excluding carboxylic acids is 1. The lowest BCUT2D eigenvalue weighted by molar-refractivity contribution is 0.560. The van der Waals surface area contributed by atoms with E-state index in [1.807, 2.05) is 0 Å². The van der Waals surface area contributed by atoms with Crippen molar-refractivity contribution in [2.75, 3.05) is 6.54 Å². The maximum Gasteiger partial charge on any atom is 0.237 e. The highest BCUT2D eigenvalue weighted by atomic mass is 35.7. The van der Waals surface area contributed by atoms with Gasteiger partial charge in [-0.05, 0) is 12.5 Å². The normalized spacial score (nSPS) is 10.2. The van der Waals surface area contributed by atoms with Gasteiger partial charge in [0.05, 0.1) is 6.54 Å². The van der Waals surface area contributed by atoms with Gasteiger partial charge in [0.15, 0.2) is 0 Å². The average Bonchev–Trinajstić information content (AvgIpc) is 2.15. The fraction of sp³-hybridized carbons (Fsp3) is 0.889. The summed E-state index contributed by atoms with van der Waals surface area (Å²) >= 11 is 11.5. The van der Waals surface area contributed by atoms with Crippen LogP contribution in [-0.2, 0) is 4.79 Å². The number of aliphatic imine (C=N–C) groups is 1. The Balaban J connectivity index is 2.95. The highest BCUT2D eigenvalue weighted by Crippen LogP contribution is 2.12. The van der Waals surface area contributed by atoms with E-state index >= 15 is 0 Å². The molecular weight excluding hydrogens is 237 g/mol. The van der Waals surface area contributed by atoms with Crippen LogP contribution < -0.4 is 0 Å². The van der Waals surface area contributed by atoms with Crippen molar-refractivity contribution in [2.24, 2.45) is 4.99 Å². The molecule has 0 aromatic rings. The van der Waals surface area contributed by atoms with Crippen LogP contribution in [-0.4, -0.2) is 20.0 Å². The van der Waals surface area contributed by atoms with Crippen molar-refractivity contribution in [3.05, 3.63) is 0 Å². The van der Waals surface area contributed by atoms with E-state index in [2.05, 4.69) is 4.99 Å². The van der Waals surface area contributed by atoms with E-state index < -0.39 is 7.42 Å². The van der Waals surface area contributed by atoms with Crippen molar-refractivity contribution in [1.82, 2.24) is 0 Å². The largest absolute Gasteiger partial charge is 0.237 e. The standard InChI is InChI=1S/C9H17Cl2NOSi/c10-14(11)8-6-4-2-1-3-5-7-12-9-13/h14H,1-8H2. The number of unbranched alkanes of at least 4 members (excludes halogenated alkanes) is 5. The summed E-state index contributed by atoms with van der Waals surface area (Å²) in [6.07, 6.45) is 8.52. The molecule has 0 aromatic carbocycles. The third-order valence-corrected chi connectivity index (χ3v) is 4.16. The van der Waals surface area contributed by atoms with E-state index in [9.17, 15) is 4.79 Å². The molecule has 0 aliphatic carbocycles. The number of hydrogen-bond donors (Lipinski definition) is 0. The maximum atomic E-state index is 9.73. The van der Waals surface area contributed by atoms with Crippen LogP contribution in [0.25, 0.3) is 0 Å². The predicted molar refractivity (Wildman–Crippen MR) is 64.4 cm³/mol. The summed E-state index contributed by atoms with van der Waals surface area (Å²) in [6.45, 7) is 0.627. The summed E-state index contributed by atoms with van der Waals surface area (Å²) in [7, 11) is -1.36. The summed E-state index contributed by atoms with van der Waals surface area (Å²) in [6, 6.07) is 1.03. The monoisotopic (exact) mass is 253 g/mol. The molecule has 0 saturated heterocycles. The minimum Gasteiger partial charge on any atom is -0.211 e. The van der Waals surface area contributed by atoms with Crippen molar-refractivity contribution in [3.8, 4) is 0 Å². The zero-order valence-electron chi connectivity index (χ0n) is 8.35. The second-order valence-corrected chi connectivity index (χ2v) is 8.46. The Bertz CT molecular complexity index is 172. The van der Waals surface area contributed by atoms with E-state index in [4.69, 9.17) is 22.2 Å². The lowest BCUT2D eigenvalue weighted by Crippen LogP contribution is -1.91. The molecule has 82 valence electrons. The van der Waals surface area contributed by atoms with Crippen LogP contribution in [0.4, 0.5) is 0 Å². The van der Waals surface area contributed by atoms with Crippen LogP contribution in [0.5, 0.6) is 0 Å². The van der Waals surface area contributed by atoms with E-state index in [0.29, 0.717) is 6.54 Å². The van der Waals surface area contributed by atoms with Crippen molar-refractivity contribution in [3.63, 3.8) is 0 Å². The van der Waals surface area contributed by atoms with E-state index in [1.165, 1.54) is 19.3 Å². The van der Waals surface area contributed by atoms with Gasteiger partial charge in [-0.25, -0.2) is 9.79 Å². The molecule has 0 heterocycles. The lowest BCUT2D eigenvalue weighted by atomic mass is 10.1. The molecule has 5 heteroatoms. The molecule has 14 heavy (non-hydrogen) atoms. The van der Waals surface area contributed by atoms with Gasteiger partial charge in [0.1, 0.15) is 0 Å². The van der Waals surface area contributed by atoms with E-state index in [0.717, 1.165) is 25.3 Å². The Labute approximate surface area is 96.7 Å². The topological polar surface area (TPSA) is 29.4 Å². The van der Waals surface area contributed by atoms with Crippen LogP contribution in [0.1, 0.15) is 38.5 Å². The molecular formula is C9H17Cl2NOSi. The van der Waals surface area contributed by atoms with Gasteiger partial charge in [0, 0.05) is 0 Å². The van der Waals surface area contributed by atoms with Crippen LogP contribution in [0.2, 0.25) is 6.04 Å². The molecule has 0 fully saturated rings. The Morgan fingerprint density at radius 2 is 1.57 bits per heavy atom. The van der Waals surface area contributed by atoms with Crippen LogP contribution in [0.15, 0.2) is 4.99 Å². The van der Waals surface area contributed by atoms with Crippen LogP contribution >= 0.6 is 22.2 Å². The highest BCUT2D eigenvalue weighted by Gasteiger charge is 2.00. The van der Waals surface area contributed by atoms with Crippen LogP contribution in [0.3, 0.4) is 0 Å². The average molecular weight is 254 g/mol. The fourth-order valence-corrected chi connectivity index (χ4v) is 2.77. The molecule has 0 bridgehead atoms. The third kappa shape index (κ3) is 12.2. The van der Waals surface area contributed by atoms with Gasteiger partial charge in [-0.1, -0.05) is 32.1 Å². The minimum atomic E-state index is -1.36. The molecule has 0 aromatic heterocycles. The summed E-state index contributed by atoms with van der Waals surface area (Å²) < 4.78 is 0. The van der Waals surface area contributed by atoms with Crippen molar-refractivity contribution in [1.29, 1.82) is 0 Å². The number of nitrogens with zero attached hydrogens (tertiary/aromatic N) is 1. The second-order valence-electron chi connectivity index (χ2n) is 3.27. The van der Waals surface area contributed by atoms with Crippen molar-refractivity contribution >= 4 is 35.7 Å². The van der Waals surface area contributed by atoms with E-state index in [1.54, 1.807) is 6.08 Å². The Morgan fingerprint density at radius 1 is 1.00 bits per heavy atom. The second kappa shape index (κ2) is 11.3. The summed E-state index contributed by atoms with van der Waals surface area (Å²) in [5.74, 6) is 0. The third-order valence-electron chi connectivity index (χ3n) is 2.01. The first kappa shape index (κ1) is 14.2. The summed E-state index contributed by atoms with van der Waals surface area (Å²) in [5.41, 5.74) is 0. The van der Waals surface area contributed by atoms with E-state index in [-0.39, 0.29) is 0 Å². The smallest absolute Gasteiger partial charge is 0.211 e. The predicted octanol–water partition coefficient (Wildman–Crippen LogP) is 3.36. The molecule has 2 nitrogen and oxygen atoms in total. The molecule has 0 saturated carbocycles. The minimum absolute atomic E-state index is 0.627. The molecule has 0 spiro atoms.